The number of methoxy groups -OCH3 is 1. The van der Waals surface area contributed by atoms with E-state index < -0.39 is 6.03 Å². The van der Waals surface area contributed by atoms with Crippen molar-refractivity contribution in [2.45, 2.75) is 6.92 Å². The number of anilines is 2. The van der Waals surface area contributed by atoms with Gasteiger partial charge in [0.15, 0.2) is 0 Å². The summed E-state index contributed by atoms with van der Waals surface area (Å²) in [4.78, 5) is 24.0. The molecule has 0 bridgehead atoms. The number of hydrogen-bond acceptors (Lipinski definition) is 6. The molecule has 0 fully saturated rings. The van der Waals surface area contributed by atoms with E-state index in [1.165, 1.54) is 7.11 Å². The van der Waals surface area contributed by atoms with Crippen molar-refractivity contribution in [3.05, 3.63) is 30.1 Å². The number of halogens is 1. The molecule has 2 N–H and O–H groups in total. The predicted octanol–water partition coefficient (Wildman–Crippen LogP) is 2.45. The molecule has 2 aromatic rings. The molecule has 2 amide bonds. The van der Waals surface area contributed by atoms with Gasteiger partial charge in [-0.15, -0.1) is 11.6 Å². The number of hydrogen-bond donors (Lipinski definition) is 2. The van der Waals surface area contributed by atoms with E-state index in [4.69, 9.17) is 21.1 Å². The molecule has 9 heteroatoms. The van der Waals surface area contributed by atoms with Crippen LogP contribution in [-0.2, 0) is 0 Å². The van der Waals surface area contributed by atoms with E-state index in [-0.39, 0.29) is 12.0 Å². The van der Waals surface area contributed by atoms with Gasteiger partial charge in [-0.1, -0.05) is 12.1 Å². The first kappa shape index (κ1) is 16.8. The minimum atomic E-state index is -0.514. The van der Waals surface area contributed by atoms with Gasteiger partial charge in [0.25, 0.3) is 0 Å². The highest BCUT2D eigenvalue weighted by Crippen LogP contribution is 2.23. The molecule has 0 spiro atoms. The van der Waals surface area contributed by atoms with Gasteiger partial charge in [0.2, 0.25) is 5.95 Å². The number of benzene rings is 1. The number of urea groups is 1. The predicted molar refractivity (Wildman–Crippen MR) is 86.4 cm³/mol. The molecule has 0 atom stereocenters. The van der Waals surface area contributed by atoms with Crippen molar-refractivity contribution in [2.75, 3.05) is 30.2 Å². The average molecular weight is 338 g/mol. The quantitative estimate of drug-likeness (QED) is 0.786. The smallest absolute Gasteiger partial charge is 0.326 e. The lowest BCUT2D eigenvalue weighted by molar-refractivity contribution is 0.261. The first-order valence-electron chi connectivity index (χ1n) is 6.75. The van der Waals surface area contributed by atoms with Crippen molar-refractivity contribution in [1.29, 1.82) is 0 Å². The van der Waals surface area contributed by atoms with Crippen LogP contribution in [0.15, 0.2) is 24.3 Å². The molecule has 0 aliphatic rings. The van der Waals surface area contributed by atoms with Gasteiger partial charge < -0.3 is 14.8 Å². The fraction of sp³-hybridized carbons (Fsp3) is 0.286. The van der Waals surface area contributed by atoms with Gasteiger partial charge >= 0.3 is 12.0 Å². The zero-order chi connectivity index (χ0) is 16.7. The molecule has 1 aromatic heterocycles. The summed E-state index contributed by atoms with van der Waals surface area (Å²) in [5, 5.41) is 5.18. The van der Waals surface area contributed by atoms with Crippen LogP contribution in [0.2, 0.25) is 0 Å². The minimum absolute atomic E-state index is 0.0889. The summed E-state index contributed by atoms with van der Waals surface area (Å²) < 4.78 is 10.4. The Morgan fingerprint density at radius 1 is 1.22 bits per heavy atom. The number of ether oxygens (including phenoxy) is 2. The van der Waals surface area contributed by atoms with E-state index >= 15 is 0 Å². The molecule has 2 rings (SSSR count). The second-order valence-corrected chi connectivity index (χ2v) is 4.68. The highest BCUT2D eigenvalue weighted by molar-refractivity contribution is 6.18. The average Bonchev–Trinajstić information content (AvgIpc) is 2.53. The van der Waals surface area contributed by atoms with Gasteiger partial charge in [-0.3, -0.25) is 5.32 Å². The Kier molecular flexibility index (Phi) is 5.93. The number of aromatic nitrogens is 3. The number of carbonyl (C=O) groups excluding carboxylic acids is 1. The summed E-state index contributed by atoms with van der Waals surface area (Å²) >= 11 is 5.60. The van der Waals surface area contributed by atoms with Gasteiger partial charge in [-0.05, 0) is 19.1 Å². The van der Waals surface area contributed by atoms with Gasteiger partial charge in [-0.25, -0.2) is 4.79 Å². The van der Waals surface area contributed by atoms with Crippen molar-refractivity contribution in [3.8, 4) is 11.8 Å². The Morgan fingerprint density at radius 3 is 2.74 bits per heavy atom. The standard InChI is InChI=1S/C14H16ClN5O3/c1-9-16-12(20-14(17-9)22-2)19-13(21)18-10-5-3-4-6-11(10)23-8-7-15/h3-6H,7-8H2,1-2H3,(H2,16,17,18,19,20,21). The highest BCUT2D eigenvalue weighted by atomic mass is 35.5. The third-order valence-corrected chi connectivity index (χ3v) is 2.76. The Hall–Kier alpha value is -2.61. The van der Waals surface area contributed by atoms with Crippen molar-refractivity contribution < 1.29 is 14.3 Å². The lowest BCUT2D eigenvalue weighted by Gasteiger charge is -2.12. The maximum Gasteiger partial charge on any atom is 0.326 e. The largest absolute Gasteiger partial charge is 0.490 e. The van der Waals surface area contributed by atoms with E-state index in [9.17, 15) is 4.79 Å². The van der Waals surface area contributed by atoms with Gasteiger partial charge in [0, 0.05) is 0 Å². The molecule has 0 saturated heterocycles. The second-order valence-electron chi connectivity index (χ2n) is 4.31. The summed E-state index contributed by atoms with van der Waals surface area (Å²) in [7, 11) is 1.43. The number of carbonyl (C=O) groups is 1. The van der Waals surface area contributed by atoms with Crippen molar-refractivity contribution in [2.24, 2.45) is 0 Å². The lowest BCUT2D eigenvalue weighted by Crippen LogP contribution is -2.22. The van der Waals surface area contributed by atoms with Crippen molar-refractivity contribution >= 4 is 29.3 Å². The molecule has 0 unspecified atom stereocenters. The van der Waals surface area contributed by atoms with E-state index in [0.717, 1.165) is 0 Å². The summed E-state index contributed by atoms with van der Waals surface area (Å²) in [5.74, 6) is 1.39. The maximum absolute atomic E-state index is 12.1. The van der Waals surface area contributed by atoms with Gasteiger partial charge in [-0.2, -0.15) is 15.0 Å². The summed E-state index contributed by atoms with van der Waals surface area (Å²) in [5.41, 5.74) is 0.507. The second kappa shape index (κ2) is 8.14. The van der Waals surface area contributed by atoms with Crippen LogP contribution in [-0.4, -0.2) is 40.6 Å². The lowest BCUT2D eigenvalue weighted by atomic mass is 10.3. The fourth-order valence-electron chi connectivity index (χ4n) is 1.70. The maximum atomic E-state index is 12.1. The number of rotatable bonds is 6. The molecule has 0 saturated carbocycles. The Balaban J connectivity index is 2.06. The number of amides is 2. The SMILES string of the molecule is COc1nc(C)nc(NC(=O)Nc2ccccc2OCCCl)n1. The normalized spacial score (nSPS) is 10.0. The third-order valence-electron chi connectivity index (χ3n) is 2.60. The minimum Gasteiger partial charge on any atom is -0.490 e. The van der Waals surface area contributed by atoms with Crippen molar-refractivity contribution in [1.82, 2.24) is 15.0 Å². The Bertz CT molecular complexity index is 683. The highest BCUT2D eigenvalue weighted by Gasteiger charge is 2.10. The van der Waals surface area contributed by atoms with Crippen LogP contribution in [0.1, 0.15) is 5.82 Å². The Morgan fingerprint density at radius 2 is 2.00 bits per heavy atom. The molecule has 1 aromatic carbocycles. The topological polar surface area (TPSA) is 98.3 Å². The summed E-state index contributed by atoms with van der Waals surface area (Å²) in [6.07, 6.45) is 0. The number of para-hydroxylation sites is 2. The fourth-order valence-corrected chi connectivity index (χ4v) is 1.78. The number of nitrogens with one attached hydrogen (secondary N) is 2. The third kappa shape index (κ3) is 4.96. The zero-order valence-corrected chi connectivity index (χ0v) is 13.4. The summed E-state index contributed by atoms with van der Waals surface area (Å²) in [6, 6.07) is 6.63. The van der Waals surface area contributed by atoms with E-state index in [0.29, 0.717) is 29.7 Å². The molecule has 0 radical (unpaired) electrons. The molecule has 1 heterocycles. The van der Waals surface area contributed by atoms with E-state index in [2.05, 4.69) is 25.6 Å². The van der Waals surface area contributed by atoms with Gasteiger partial charge in [0.05, 0.1) is 18.7 Å². The van der Waals surface area contributed by atoms with E-state index in [1.54, 1.807) is 31.2 Å². The molecule has 0 aliphatic carbocycles. The molecule has 23 heavy (non-hydrogen) atoms. The molecule has 8 nitrogen and oxygen atoms in total. The first-order chi connectivity index (χ1) is 11.1. The monoisotopic (exact) mass is 337 g/mol. The number of alkyl halides is 1. The van der Waals surface area contributed by atoms with Crippen LogP contribution in [0.5, 0.6) is 11.8 Å². The molecule has 122 valence electrons. The van der Waals surface area contributed by atoms with Crippen LogP contribution in [0, 0.1) is 6.92 Å². The zero-order valence-electron chi connectivity index (χ0n) is 12.7. The van der Waals surface area contributed by atoms with Crippen LogP contribution in [0.25, 0.3) is 0 Å². The first-order valence-corrected chi connectivity index (χ1v) is 7.28. The van der Waals surface area contributed by atoms with Crippen LogP contribution in [0.3, 0.4) is 0 Å². The summed E-state index contributed by atoms with van der Waals surface area (Å²) in [6.45, 7) is 2.01. The number of nitrogens with zero attached hydrogens (tertiary/aromatic N) is 3. The van der Waals surface area contributed by atoms with Crippen LogP contribution < -0.4 is 20.1 Å². The van der Waals surface area contributed by atoms with Crippen LogP contribution in [0.4, 0.5) is 16.4 Å². The molecule has 0 aliphatic heterocycles. The van der Waals surface area contributed by atoms with Crippen molar-refractivity contribution in [3.63, 3.8) is 0 Å². The van der Waals surface area contributed by atoms with E-state index in [1.807, 2.05) is 0 Å². The number of aryl methyl sites for hydroxylation is 1. The molecular formula is C14H16ClN5O3. The molecular weight excluding hydrogens is 322 g/mol. The van der Waals surface area contributed by atoms with Crippen LogP contribution >= 0.6 is 11.6 Å². The van der Waals surface area contributed by atoms with Gasteiger partial charge in [0.1, 0.15) is 18.2 Å². The Labute approximate surface area is 138 Å².